The van der Waals surface area contributed by atoms with E-state index in [0.717, 1.165) is 11.3 Å². The number of esters is 1. The number of halogens is 1. The van der Waals surface area contributed by atoms with Crippen LogP contribution in [0, 0.1) is 6.92 Å². The van der Waals surface area contributed by atoms with Gasteiger partial charge in [-0.25, -0.2) is 4.79 Å². The molecule has 0 saturated heterocycles. The maximum atomic E-state index is 11.3. The molecule has 0 bridgehead atoms. The third-order valence-electron chi connectivity index (χ3n) is 1.57. The SMILES string of the molecule is COC(=O)c1cc(C)c(S(=O)(=O)OCl)s1. The van der Waals surface area contributed by atoms with Crippen LogP contribution in [-0.2, 0) is 18.6 Å². The fraction of sp³-hybridized carbons (Fsp3) is 0.286. The summed E-state index contributed by atoms with van der Waals surface area (Å²) < 4.78 is 30.7. The van der Waals surface area contributed by atoms with Crippen LogP contribution in [0.3, 0.4) is 0 Å². The maximum Gasteiger partial charge on any atom is 0.348 e. The topological polar surface area (TPSA) is 69.7 Å². The largest absolute Gasteiger partial charge is 0.465 e. The van der Waals surface area contributed by atoms with Crippen molar-refractivity contribution < 1.29 is 21.7 Å². The maximum absolute atomic E-state index is 11.3. The molecule has 5 nitrogen and oxygen atoms in total. The Morgan fingerprint density at radius 2 is 2.13 bits per heavy atom. The molecule has 15 heavy (non-hydrogen) atoms. The Morgan fingerprint density at radius 1 is 1.53 bits per heavy atom. The number of aryl methyl sites for hydroxylation is 1. The van der Waals surface area contributed by atoms with Gasteiger partial charge in [0, 0.05) is 0 Å². The van der Waals surface area contributed by atoms with Crippen LogP contribution in [0.4, 0.5) is 0 Å². The molecule has 1 aromatic heterocycles. The van der Waals surface area contributed by atoms with Crippen molar-refractivity contribution in [3.05, 3.63) is 16.5 Å². The highest BCUT2D eigenvalue weighted by molar-refractivity contribution is 7.89. The van der Waals surface area contributed by atoms with Crippen LogP contribution in [0.2, 0.25) is 0 Å². The van der Waals surface area contributed by atoms with E-state index < -0.39 is 16.1 Å². The Kier molecular flexibility index (Phi) is 3.72. The molecule has 0 aromatic carbocycles. The summed E-state index contributed by atoms with van der Waals surface area (Å²) in [5, 5.41) is 0. The number of thiophene rings is 1. The van der Waals surface area contributed by atoms with Crippen LogP contribution in [0.5, 0.6) is 0 Å². The van der Waals surface area contributed by atoms with Crippen LogP contribution >= 0.6 is 23.2 Å². The van der Waals surface area contributed by atoms with Gasteiger partial charge in [0.15, 0.2) is 4.21 Å². The van der Waals surface area contributed by atoms with E-state index in [1.165, 1.54) is 20.1 Å². The van der Waals surface area contributed by atoms with Gasteiger partial charge in [0.1, 0.15) is 4.88 Å². The molecule has 0 atom stereocenters. The Hall–Kier alpha value is -0.630. The van der Waals surface area contributed by atoms with Crippen LogP contribution in [-0.4, -0.2) is 21.5 Å². The first kappa shape index (κ1) is 12.4. The quantitative estimate of drug-likeness (QED) is 0.782. The molecular weight excluding hydrogens is 264 g/mol. The van der Waals surface area contributed by atoms with Gasteiger partial charge in [-0.15, -0.1) is 11.3 Å². The molecule has 1 rings (SSSR count). The summed E-state index contributed by atoms with van der Waals surface area (Å²) in [6.07, 6.45) is 0. The first-order valence-corrected chi connectivity index (χ1v) is 6.19. The number of hydrogen-bond donors (Lipinski definition) is 0. The average Bonchev–Trinajstić information content (AvgIpc) is 2.60. The van der Waals surface area contributed by atoms with Crippen LogP contribution in [0.1, 0.15) is 15.2 Å². The molecule has 0 radical (unpaired) electrons. The van der Waals surface area contributed by atoms with Crippen LogP contribution in [0.15, 0.2) is 10.3 Å². The molecule has 0 amide bonds. The molecule has 0 aliphatic carbocycles. The van der Waals surface area contributed by atoms with Gasteiger partial charge >= 0.3 is 16.1 Å². The second-order valence-corrected chi connectivity index (χ2v) is 5.72. The van der Waals surface area contributed by atoms with Crippen molar-refractivity contribution >= 4 is 39.3 Å². The van der Waals surface area contributed by atoms with E-state index in [0.29, 0.717) is 5.56 Å². The van der Waals surface area contributed by atoms with E-state index in [1.807, 2.05) is 0 Å². The number of ether oxygens (including phenoxy) is 1. The predicted octanol–water partition coefficient (Wildman–Crippen LogP) is 1.70. The molecule has 0 fully saturated rings. The van der Waals surface area contributed by atoms with E-state index in [9.17, 15) is 13.2 Å². The summed E-state index contributed by atoms with van der Waals surface area (Å²) in [4.78, 5) is 11.3. The van der Waals surface area contributed by atoms with Crippen molar-refractivity contribution in [1.82, 2.24) is 0 Å². The van der Waals surface area contributed by atoms with Gasteiger partial charge in [0.25, 0.3) is 0 Å². The fourth-order valence-corrected chi connectivity index (χ4v) is 3.36. The molecule has 1 heterocycles. The molecule has 8 heteroatoms. The Morgan fingerprint density at radius 3 is 2.60 bits per heavy atom. The Labute approximate surface area is 95.9 Å². The highest BCUT2D eigenvalue weighted by Crippen LogP contribution is 2.28. The first-order valence-electron chi connectivity index (χ1n) is 3.66. The van der Waals surface area contributed by atoms with Crippen molar-refractivity contribution in [2.24, 2.45) is 0 Å². The van der Waals surface area contributed by atoms with E-state index in [-0.39, 0.29) is 9.09 Å². The number of carbonyl (C=O) groups excluding carboxylic acids is 1. The minimum absolute atomic E-state index is 0.0992. The molecule has 84 valence electrons. The zero-order valence-electron chi connectivity index (χ0n) is 7.81. The summed E-state index contributed by atoms with van der Waals surface area (Å²) in [5.74, 6) is -0.598. The van der Waals surface area contributed by atoms with E-state index >= 15 is 0 Å². The molecule has 0 unspecified atom stereocenters. The van der Waals surface area contributed by atoms with Gasteiger partial charge in [0.05, 0.1) is 19.0 Å². The third-order valence-corrected chi connectivity index (χ3v) is 4.88. The molecule has 1 aromatic rings. The van der Waals surface area contributed by atoms with Crippen molar-refractivity contribution in [3.63, 3.8) is 0 Å². The normalized spacial score (nSPS) is 11.4. The summed E-state index contributed by atoms with van der Waals surface area (Å²) in [5.41, 5.74) is 0.390. The Balaban J connectivity index is 3.24. The molecule has 0 saturated carbocycles. The van der Waals surface area contributed by atoms with E-state index in [1.54, 1.807) is 0 Å². The molecule has 0 N–H and O–H groups in total. The summed E-state index contributed by atoms with van der Waals surface area (Å²) in [6, 6.07) is 1.40. The third kappa shape index (κ3) is 2.49. The molecular formula is C7H7ClO5S2. The number of carbonyl (C=O) groups is 1. The lowest BCUT2D eigenvalue weighted by Gasteiger charge is -1.95. The van der Waals surface area contributed by atoms with Crippen molar-refractivity contribution in [2.45, 2.75) is 11.1 Å². The van der Waals surface area contributed by atoms with Crippen molar-refractivity contribution in [1.29, 1.82) is 0 Å². The summed E-state index contributed by atoms with van der Waals surface area (Å²) in [7, 11) is -2.76. The standard InChI is InChI=1S/C7H7ClO5S2/c1-4-3-5(6(9)12-2)14-7(4)15(10,11)13-8/h3H,1-2H3. The second kappa shape index (κ2) is 4.48. The van der Waals surface area contributed by atoms with Gasteiger partial charge in [0.2, 0.25) is 0 Å². The lowest BCUT2D eigenvalue weighted by atomic mass is 10.3. The smallest absolute Gasteiger partial charge is 0.348 e. The molecule has 0 spiro atoms. The monoisotopic (exact) mass is 270 g/mol. The van der Waals surface area contributed by atoms with Crippen LogP contribution < -0.4 is 0 Å². The van der Waals surface area contributed by atoms with Gasteiger partial charge in [-0.2, -0.15) is 12.2 Å². The lowest BCUT2D eigenvalue weighted by Crippen LogP contribution is -1.98. The first-order chi connectivity index (χ1) is 6.92. The van der Waals surface area contributed by atoms with Crippen LogP contribution in [0.25, 0.3) is 0 Å². The Bertz CT molecular complexity index is 476. The van der Waals surface area contributed by atoms with Gasteiger partial charge in [-0.3, -0.25) is 0 Å². The van der Waals surface area contributed by atoms with Crippen molar-refractivity contribution in [3.8, 4) is 0 Å². The fourth-order valence-electron chi connectivity index (χ4n) is 0.943. The zero-order valence-corrected chi connectivity index (χ0v) is 10.2. The van der Waals surface area contributed by atoms with Gasteiger partial charge < -0.3 is 4.74 Å². The summed E-state index contributed by atoms with van der Waals surface area (Å²) in [6.45, 7) is 1.53. The number of hydrogen-bond acceptors (Lipinski definition) is 6. The number of rotatable bonds is 3. The molecule has 0 aliphatic heterocycles. The minimum atomic E-state index is -3.97. The predicted molar refractivity (Wildman–Crippen MR) is 54.5 cm³/mol. The number of methoxy groups -OCH3 is 1. The molecule has 0 aliphatic rings. The van der Waals surface area contributed by atoms with E-state index in [2.05, 4.69) is 8.47 Å². The van der Waals surface area contributed by atoms with Crippen molar-refractivity contribution in [2.75, 3.05) is 7.11 Å². The zero-order chi connectivity index (χ0) is 11.6. The summed E-state index contributed by atoms with van der Waals surface area (Å²) >= 11 is 5.58. The highest BCUT2D eigenvalue weighted by atomic mass is 35.5. The second-order valence-electron chi connectivity index (χ2n) is 2.59. The lowest BCUT2D eigenvalue weighted by molar-refractivity contribution is 0.0606. The minimum Gasteiger partial charge on any atom is -0.465 e. The average molecular weight is 271 g/mol. The van der Waals surface area contributed by atoms with Gasteiger partial charge in [-0.1, -0.05) is 0 Å². The van der Waals surface area contributed by atoms with Gasteiger partial charge in [-0.05, 0) is 18.6 Å². The highest BCUT2D eigenvalue weighted by Gasteiger charge is 2.23. The van der Waals surface area contributed by atoms with E-state index in [4.69, 9.17) is 11.9 Å².